The zero-order chi connectivity index (χ0) is 13.1. The summed E-state index contributed by atoms with van der Waals surface area (Å²) in [5.41, 5.74) is 3.34. The summed E-state index contributed by atoms with van der Waals surface area (Å²) < 4.78 is 4.00. The second kappa shape index (κ2) is 5.25. The lowest BCUT2D eigenvalue weighted by molar-refractivity contribution is 0.755. The molecule has 0 atom stereocenters. The van der Waals surface area contributed by atoms with Crippen molar-refractivity contribution < 1.29 is 0 Å². The fraction of sp³-hybridized carbons (Fsp3) is 0.538. The molecule has 2 aromatic rings. The van der Waals surface area contributed by atoms with Crippen molar-refractivity contribution in [3.8, 4) is 0 Å². The van der Waals surface area contributed by atoms with Gasteiger partial charge in [-0.1, -0.05) is 6.92 Å². The highest BCUT2D eigenvalue weighted by atomic mass is 15.3. The number of hydrogen-bond donors (Lipinski definition) is 1. The summed E-state index contributed by atoms with van der Waals surface area (Å²) in [5.74, 6) is 0.942. The number of hydrogen-bond acceptors (Lipinski definition) is 3. The average molecular weight is 247 g/mol. The largest absolute Gasteiger partial charge is 0.356 e. The summed E-state index contributed by atoms with van der Waals surface area (Å²) in [6.45, 7) is 7.97. The second-order valence-corrected chi connectivity index (χ2v) is 4.67. The molecule has 0 radical (unpaired) electrons. The van der Waals surface area contributed by atoms with Crippen LogP contribution in [-0.4, -0.2) is 25.9 Å². The normalized spacial score (nSPS) is 10.9. The molecular formula is C13H21N5. The van der Waals surface area contributed by atoms with Gasteiger partial charge < -0.3 is 9.88 Å². The smallest absolute Gasteiger partial charge is 0.203 e. The monoisotopic (exact) mass is 247 g/mol. The number of imidazole rings is 1. The van der Waals surface area contributed by atoms with Crippen LogP contribution in [0.15, 0.2) is 12.4 Å². The first kappa shape index (κ1) is 12.7. The van der Waals surface area contributed by atoms with Crippen LogP contribution in [-0.2, 0) is 13.6 Å². The molecule has 0 aliphatic heterocycles. The lowest BCUT2D eigenvalue weighted by atomic mass is 10.2. The maximum Gasteiger partial charge on any atom is 0.203 e. The molecule has 0 fully saturated rings. The van der Waals surface area contributed by atoms with Crippen molar-refractivity contribution in [3.05, 3.63) is 29.3 Å². The van der Waals surface area contributed by atoms with Gasteiger partial charge in [-0.3, -0.25) is 4.68 Å². The number of aromatic nitrogens is 4. The van der Waals surface area contributed by atoms with Gasteiger partial charge in [-0.15, -0.1) is 0 Å². The first-order valence-electron chi connectivity index (χ1n) is 6.37. The quantitative estimate of drug-likeness (QED) is 0.880. The van der Waals surface area contributed by atoms with E-state index < -0.39 is 0 Å². The van der Waals surface area contributed by atoms with Crippen molar-refractivity contribution in [2.45, 2.75) is 33.7 Å². The topological polar surface area (TPSA) is 47.7 Å². The van der Waals surface area contributed by atoms with Gasteiger partial charge in [-0.05, 0) is 20.3 Å². The summed E-state index contributed by atoms with van der Waals surface area (Å²) in [6.07, 6.45) is 5.23. The zero-order valence-electron chi connectivity index (χ0n) is 11.6. The van der Waals surface area contributed by atoms with Crippen LogP contribution in [0, 0.1) is 13.8 Å². The van der Waals surface area contributed by atoms with Crippen LogP contribution in [0.5, 0.6) is 0 Å². The van der Waals surface area contributed by atoms with Crippen molar-refractivity contribution in [1.29, 1.82) is 0 Å². The lowest BCUT2D eigenvalue weighted by Gasteiger charge is -2.08. The fourth-order valence-corrected chi connectivity index (χ4v) is 2.03. The molecule has 2 aromatic heterocycles. The third kappa shape index (κ3) is 2.72. The average Bonchev–Trinajstić information content (AvgIpc) is 2.80. The number of nitrogens with one attached hydrogen (secondary N) is 1. The lowest BCUT2D eigenvalue weighted by Crippen LogP contribution is -2.08. The Labute approximate surface area is 108 Å². The van der Waals surface area contributed by atoms with E-state index in [0.29, 0.717) is 0 Å². The molecule has 18 heavy (non-hydrogen) atoms. The van der Waals surface area contributed by atoms with Crippen LogP contribution >= 0.6 is 0 Å². The Morgan fingerprint density at radius 3 is 2.67 bits per heavy atom. The van der Waals surface area contributed by atoms with Crippen molar-refractivity contribution in [2.75, 3.05) is 11.9 Å². The molecule has 0 saturated heterocycles. The maximum atomic E-state index is 4.51. The Kier molecular flexibility index (Phi) is 3.69. The third-order valence-corrected chi connectivity index (χ3v) is 2.89. The summed E-state index contributed by atoms with van der Waals surface area (Å²) in [6, 6.07) is 0. The number of anilines is 1. The van der Waals surface area contributed by atoms with Gasteiger partial charge in [0.1, 0.15) is 0 Å². The van der Waals surface area contributed by atoms with E-state index in [-0.39, 0.29) is 0 Å². The van der Waals surface area contributed by atoms with Gasteiger partial charge >= 0.3 is 0 Å². The predicted molar refractivity (Wildman–Crippen MR) is 72.8 cm³/mol. The van der Waals surface area contributed by atoms with Crippen LogP contribution in [0.25, 0.3) is 0 Å². The van der Waals surface area contributed by atoms with Crippen molar-refractivity contribution >= 4 is 5.95 Å². The molecule has 0 bridgehead atoms. The van der Waals surface area contributed by atoms with E-state index in [0.717, 1.165) is 36.8 Å². The fourth-order valence-electron chi connectivity index (χ4n) is 2.03. The molecule has 0 saturated carbocycles. The van der Waals surface area contributed by atoms with E-state index in [9.17, 15) is 0 Å². The molecule has 98 valence electrons. The van der Waals surface area contributed by atoms with Crippen LogP contribution < -0.4 is 5.32 Å². The highest BCUT2D eigenvalue weighted by Crippen LogP contribution is 2.13. The number of rotatable bonds is 5. The van der Waals surface area contributed by atoms with Crippen LogP contribution in [0.3, 0.4) is 0 Å². The molecule has 2 heterocycles. The molecule has 2 rings (SSSR count). The van der Waals surface area contributed by atoms with Gasteiger partial charge in [0, 0.05) is 31.5 Å². The molecule has 0 aromatic carbocycles. The highest BCUT2D eigenvalue weighted by Gasteiger charge is 2.09. The molecule has 0 spiro atoms. The Hall–Kier alpha value is -1.78. The van der Waals surface area contributed by atoms with E-state index >= 15 is 0 Å². The number of aryl methyl sites for hydroxylation is 3. The summed E-state index contributed by atoms with van der Waals surface area (Å²) in [5, 5.41) is 7.72. The second-order valence-electron chi connectivity index (χ2n) is 4.67. The third-order valence-electron chi connectivity index (χ3n) is 2.89. The Balaban J connectivity index is 2.20. The van der Waals surface area contributed by atoms with Gasteiger partial charge in [-0.25, -0.2) is 4.98 Å². The van der Waals surface area contributed by atoms with Crippen molar-refractivity contribution in [2.24, 2.45) is 7.05 Å². The van der Waals surface area contributed by atoms with E-state index in [1.54, 1.807) is 0 Å². The van der Waals surface area contributed by atoms with Gasteiger partial charge in [0.15, 0.2) is 0 Å². The standard InChI is InChI=1S/C13H21N5/c1-5-6-14-13-15-10(2)7-18(13)9-12-8-17(4)16-11(12)3/h7-8H,5-6,9H2,1-4H3,(H,14,15). The minimum absolute atomic E-state index is 0.812. The predicted octanol–water partition coefficient (Wildman–Crippen LogP) is 2.10. The molecule has 5 nitrogen and oxygen atoms in total. The Morgan fingerprint density at radius 1 is 1.28 bits per heavy atom. The van der Waals surface area contributed by atoms with Crippen molar-refractivity contribution in [1.82, 2.24) is 19.3 Å². The highest BCUT2D eigenvalue weighted by molar-refractivity contribution is 5.30. The molecule has 5 heteroatoms. The first-order valence-corrected chi connectivity index (χ1v) is 6.37. The summed E-state index contributed by atoms with van der Waals surface area (Å²) >= 11 is 0. The van der Waals surface area contributed by atoms with Crippen LogP contribution in [0.4, 0.5) is 5.95 Å². The first-order chi connectivity index (χ1) is 8.60. The molecule has 0 unspecified atom stereocenters. The summed E-state index contributed by atoms with van der Waals surface area (Å²) in [4.78, 5) is 4.51. The minimum Gasteiger partial charge on any atom is -0.356 e. The van der Waals surface area contributed by atoms with E-state index in [4.69, 9.17) is 0 Å². The van der Waals surface area contributed by atoms with E-state index in [1.165, 1.54) is 5.56 Å². The molecule has 0 aliphatic carbocycles. The molecule has 0 amide bonds. The zero-order valence-corrected chi connectivity index (χ0v) is 11.6. The molecular weight excluding hydrogens is 226 g/mol. The number of nitrogens with zero attached hydrogens (tertiary/aromatic N) is 4. The van der Waals surface area contributed by atoms with Gasteiger partial charge in [0.25, 0.3) is 0 Å². The van der Waals surface area contributed by atoms with Crippen LogP contribution in [0.2, 0.25) is 0 Å². The molecule has 1 N–H and O–H groups in total. The molecule has 0 aliphatic rings. The van der Waals surface area contributed by atoms with Gasteiger partial charge in [-0.2, -0.15) is 5.10 Å². The van der Waals surface area contributed by atoms with Crippen molar-refractivity contribution in [3.63, 3.8) is 0 Å². The van der Waals surface area contributed by atoms with Crippen LogP contribution in [0.1, 0.15) is 30.3 Å². The Morgan fingerprint density at radius 2 is 2.06 bits per heavy atom. The van der Waals surface area contributed by atoms with E-state index in [1.807, 2.05) is 25.6 Å². The van der Waals surface area contributed by atoms with Gasteiger partial charge in [0.05, 0.1) is 17.9 Å². The maximum absolute atomic E-state index is 4.51. The van der Waals surface area contributed by atoms with Gasteiger partial charge in [0.2, 0.25) is 5.95 Å². The Bertz CT molecular complexity index is 523. The summed E-state index contributed by atoms with van der Waals surface area (Å²) in [7, 11) is 1.95. The van der Waals surface area contributed by atoms with E-state index in [2.05, 4.69) is 39.3 Å². The SMILES string of the molecule is CCCNc1nc(C)cn1Cc1cn(C)nc1C. The minimum atomic E-state index is 0.812.